The van der Waals surface area contributed by atoms with E-state index in [-0.39, 0.29) is 0 Å². The molecular formula is C11H11N7. The smallest absolute Gasteiger partial charge is 0.199 e. The van der Waals surface area contributed by atoms with E-state index in [1.807, 2.05) is 12.1 Å². The first kappa shape index (κ1) is 10.6. The molecule has 0 spiro atoms. The molecule has 0 atom stereocenters. The lowest BCUT2D eigenvalue weighted by Crippen LogP contribution is -2.09. The molecule has 0 aromatic carbocycles. The van der Waals surface area contributed by atoms with Gasteiger partial charge in [0, 0.05) is 18.9 Å². The van der Waals surface area contributed by atoms with E-state index in [4.69, 9.17) is 0 Å². The largest absolute Gasteiger partial charge is 0.368 e. The topological polar surface area (TPSA) is 80.9 Å². The quantitative estimate of drug-likeness (QED) is 0.719. The SMILES string of the molecule is c1cc(CCNc2cncc3nnnn23)ccn1. The molecule has 0 fully saturated rings. The van der Waals surface area contributed by atoms with Crippen molar-refractivity contribution < 1.29 is 0 Å². The lowest BCUT2D eigenvalue weighted by atomic mass is 10.2. The Morgan fingerprint density at radius 1 is 1.11 bits per heavy atom. The van der Waals surface area contributed by atoms with Gasteiger partial charge in [0.05, 0.1) is 12.4 Å². The number of aromatic nitrogens is 6. The Balaban J connectivity index is 1.68. The van der Waals surface area contributed by atoms with Crippen LogP contribution in [0, 0.1) is 0 Å². The Hall–Kier alpha value is -2.57. The summed E-state index contributed by atoms with van der Waals surface area (Å²) in [7, 11) is 0. The van der Waals surface area contributed by atoms with E-state index in [0.717, 1.165) is 18.8 Å². The molecule has 0 aliphatic heterocycles. The lowest BCUT2D eigenvalue weighted by Gasteiger charge is -2.06. The molecule has 90 valence electrons. The van der Waals surface area contributed by atoms with E-state index in [1.54, 1.807) is 29.3 Å². The number of fused-ring (bicyclic) bond motifs is 1. The number of nitrogens with one attached hydrogen (secondary N) is 1. The molecule has 7 heteroatoms. The second kappa shape index (κ2) is 4.74. The molecule has 0 amide bonds. The molecule has 0 aliphatic carbocycles. The van der Waals surface area contributed by atoms with Gasteiger partial charge in [-0.05, 0) is 34.5 Å². The summed E-state index contributed by atoms with van der Waals surface area (Å²) in [5.41, 5.74) is 1.86. The maximum atomic E-state index is 4.07. The van der Waals surface area contributed by atoms with Crippen LogP contribution in [-0.4, -0.2) is 36.6 Å². The molecule has 3 aromatic heterocycles. The average Bonchev–Trinajstić information content (AvgIpc) is 2.89. The summed E-state index contributed by atoms with van der Waals surface area (Å²) >= 11 is 0. The first-order chi connectivity index (χ1) is 8.93. The fraction of sp³-hybridized carbons (Fsp3) is 0.182. The minimum absolute atomic E-state index is 0.629. The van der Waals surface area contributed by atoms with E-state index >= 15 is 0 Å². The molecule has 0 unspecified atom stereocenters. The van der Waals surface area contributed by atoms with Gasteiger partial charge in [-0.15, -0.1) is 5.10 Å². The van der Waals surface area contributed by atoms with Crippen molar-refractivity contribution >= 4 is 11.5 Å². The fourth-order valence-corrected chi connectivity index (χ4v) is 1.68. The van der Waals surface area contributed by atoms with Crippen LogP contribution in [0.3, 0.4) is 0 Å². The maximum absolute atomic E-state index is 4.07. The summed E-state index contributed by atoms with van der Waals surface area (Å²) in [5, 5.41) is 14.6. The number of anilines is 1. The summed E-state index contributed by atoms with van der Waals surface area (Å²) < 4.78 is 1.62. The summed E-state index contributed by atoms with van der Waals surface area (Å²) in [5.74, 6) is 0.784. The van der Waals surface area contributed by atoms with Gasteiger partial charge in [-0.25, -0.2) is 0 Å². The zero-order chi connectivity index (χ0) is 12.2. The highest BCUT2D eigenvalue weighted by atomic mass is 15.5. The third-order valence-corrected chi connectivity index (χ3v) is 2.58. The van der Waals surface area contributed by atoms with Crippen molar-refractivity contribution in [2.24, 2.45) is 0 Å². The number of hydrogen-bond acceptors (Lipinski definition) is 6. The molecule has 0 saturated carbocycles. The van der Waals surface area contributed by atoms with Crippen LogP contribution >= 0.6 is 0 Å². The highest BCUT2D eigenvalue weighted by molar-refractivity contribution is 5.43. The molecule has 0 saturated heterocycles. The fourth-order valence-electron chi connectivity index (χ4n) is 1.68. The van der Waals surface area contributed by atoms with Gasteiger partial charge in [0.25, 0.3) is 0 Å². The second-order valence-corrected chi connectivity index (χ2v) is 3.77. The minimum atomic E-state index is 0.629. The van der Waals surface area contributed by atoms with Crippen LogP contribution in [0.2, 0.25) is 0 Å². The zero-order valence-electron chi connectivity index (χ0n) is 9.56. The molecule has 3 rings (SSSR count). The third kappa shape index (κ3) is 2.10. The molecule has 0 aliphatic rings. The van der Waals surface area contributed by atoms with Crippen LogP contribution in [0.1, 0.15) is 5.56 Å². The van der Waals surface area contributed by atoms with Crippen molar-refractivity contribution in [2.75, 3.05) is 11.9 Å². The highest BCUT2D eigenvalue weighted by Gasteiger charge is 2.02. The van der Waals surface area contributed by atoms with Crippen molar-refractivity contribution in [3.05, 3.63) is 42.5 Å². The normalized spacial score (nSPS) is 10.7. The van der Waals surface area contributed by atoms with Crippen LogP contribution in [0.5, 0.6) is 0 Å². The van der Waals surface area contributed by atoms with Gasteiger partial charge in [0.15, 0.2) is 5.65 Å². The summed E-state index contributed by atoms with van der Waals surface area (Å²) in [6.45, 7) is 0.782. The van der Waals surface area contributed by atoms with Gasteiger partial charge in [0.2, 0.25) is 0 Å². The number of hydrogen-bond donors (Lipinski definition) is 1. The Morgan fingerprint density at radius 2 is 2.00 bits per heavy atom. The third-order valence-electron chi connectivity index (χ3n) is 2.58. The van der Waals surface area contributed by atoms with Crippen molar-refractivity contribution in [1.29, 1.82) is 0 Å². The van der Waals surface area contributed by atoms with E-state index < -0.39 is 0 Å². The van der Waals surface area contributed by atoms with Crippen molar-refractivity contribution in [2.45, 2.75) is 6.42 Å². The predicted molar refractivity (Wildman–Crippen MR) is 65.0 cm³/mol. The van der Waals surface area contributed by atoms with Crippen LogP contribution in [0.4, 0.5) is 5.82 Å². The van der Waals surface area contributed by atoms with Crippen molar-refractivity contribution in [3.8, 4) is 0 Å². The van der Waals surface area contributed by atoms with E-state index in [1.165, 1.54) is 5.56 Å². The van der Waals surface area contributed by atoms with E-state index in [9.17, 15) is 0 Å². The van der Waals surface area contributed by atoms with Gasteiger partial charge >= 0.3 is 0 Å². The second-order valence-electron chi connectivity index (χ2n) is 3.77. The van der Waals surface area contributed by atoms with Crippen molar-refractivity contribution in [1.82, 2.24) is 30.0 Å². The molecular weight excluding hydrogens is 230 g/mol. The van der Waals surface area contributed by atoms with Gasteiger partial charge in [-0.3, -0.25) is 9.97 Å². The molecule has 7 nitrogen and oxygen atoms in total. The Bertz CT molecular complexity index is 634. The van der Waals surface area contributed by atoms with Crippen LogP contribution in [0.25, 0.3) is 5.65 Å². The molecule has 0 bridgehead atoms. The number of pyridine rings is 1. The Labute approximate surface area is 103 Å². The van der Waals surface area contributed by atoms with Crippen LogP contribution < -0.4 is 5.32 Å². The maximum Gasteiger partial charge on any atom is 0.199 e. The molecule has 3 aromatic rings. The van der Waals surface area contributed by atoms with E-state index in [0.29, 0.717) is 5.65 Å². The molecule has 18 heavy (non-hydrogen) atoms. The van der Waals surface area contributed by atoms with Crippen LogP contribution in [0.15, 0.2) is 36.9 Å². The standard InChI is InChI=1S/C11H11N7/c1-4-12-5-2-9(1)3-6-14-10-7-13-8-11-15-16-17-18(10)11/h1-2,4-5,7-8,14H,3,6H2. The number of rotatable bonds is 4. The van der Waals surface area contributed by atoms with Gasteiger partial charge < -0.3 is 5.32 Å². The molecule has 1 N–H and O–H groups in total. The average molecular weight is 241 g/mol. The lowest BCUT2D eigenvalue weighted by molar-refractivity contribution is 0.817. The summed E-state index contributed by atoms with van der Waals surface area (Å²) in [6, 6.07) is 4.00. The van der Waals surface area contributed by atoms with E-state index in [2.05, 4.69) is 30.8 Å². The van der Waals surface area contributed by atoms with Crippen molar-refractivity contribution in [3.63, 3.8) is 0 Å². The minimum Gasteiger partial charge on any atom is -0.368 e. The number of nitrogens with zero attached hydrogens (tertiary/aromatic N) is 6. The first-order valence-corrected chi connectivity index (χ1v) is 5.58. The van der Waals surface area contributed by atoms with Gasteiger partial charge in [0.1, 0.15) is 5.82 Å². The van der Waals surface area contributed by atoms with Crippen LogP contribution in [-0.2, 0) is 6.42 Å². The summed E-state index contributed by atoms with van der Waals surface area (Å²) in [6.07, 6.45) is 7.81. The zero-order valence-corrected chi connectivity index (χ0v) is 9.56. The first-order valence-electron chi connectivity index (χ1n) is 5.58. The van der Waals surface area contributed by atoms with Gasteiger partial charge in [-0.1, -0.05) is 0 Å². The highest BCUT2D eigenvalue weighted by Crippen LogP contribution is 2.06. The predicted octanol–water partition coefficient (Wildman–Crippen LogP) is 0.569. The molecule has 3 heterocycles. The van der Waals surface area contributed by atoms with Gasteiger partial charge in [-0.2, -0.15) is 4.52 Å². The Morgan fingerprint density at radius 3 is 2.89 bits per heavy atom. The monoisotopic (exact) mass is 241 g/mol. The summed E-state index contributed by atoms with van der Waals surface area (Å²) in [4.78, 5) is 8.06. The Kier molecular flexibility index (Phi) is 2.79. The molecule has 0 radical (unpaired) electrons. The number of tetrazole rings is 1.